The van der Waals surface area contributed by atoms with Gasteiger partial charge in [-0.1, -0.05) is 12.1 Å². The summed E-state index contributed by atoms with van der Waals surface area (Å²) >= 11 is 0. The summed E-state index contributed by atoms with van der Waals surface area (Å²) in [5, 5.41) is 8.76. The van der Waals surface area contributed by atoms with Gasteiger partial charge >= 0.3 is 0 Å². The fraction of sp³-hybridized carbons (Fsp3) is 0.286. The molecule has 4 nitrogen and oxygen atoms in total. The van der Waals surface area contributed by atoms with Gasteiger partial charge in [-0.3, -0.25) is 4.79 Å². The minimum Gasteiger partial charge on any atom is -0.372 e. The maximum atomic E-state index is 10.9. The van der Waals surface area contributed by atoms with Crippen molar-refractivity contribution in [2.45, 2.75) is 12.8 Å². The molecule has 0 spiro atoms. The molecule has 1 aromatic rings. The zero-order valence-electron chi connectivity index (χ0n) is 10.1. The van der Waals surface area contributed by atoms with Crippen molar-refractivity contribution in [3.63, 3.8) is 0 Å². The first kappa shape index (κ1) is 12.2. The predicted octanol–water partition coefficient (Wildman–Crippen LogP) is 1.68. The average Bonchev–Trinajstić information content (AvgIpc) is 2.90. The Labute approximate surface area is 106 Å². The monoisotopic (exact) mass is 241 g/mol. The molecular formula is C14H15N3O. The van der Waals surface area contributed by atoms with Crippen LogP contribution in [0.25, 0.3) is 6.08 Å². The summed E-state index contributed by atoms with van der Waals surface area (Å²) in [6.45, 7) is 2.19. The minimum absolute atomic E-state index is 0.0241. The Hall–Kier alpha value is -2.28. The molecule has 0 unspecified atom stereocenters. The molecule has 2 N–H and O–H groups in total. The number of nitrogens with two attached hydrogens (primary N) is 1. The van der Waals surface area contributed by atoms with E-state index in [9.17, 15) is 4.79 Å². The number of nitriles is 1. The number of nitrogens with zero attached hydrogens (tertiary/aromatic N) is 2. The molecule has 2 rings (SSSR count). The van der Waals surface area contributed by atoms with Crippen molar-refractivity contribution in [1.29, 1.82) is 5.26 Å². The van der Waals surface area contributed by atoms with E-state index in [4.69, 9.17) is 11.0 Å². The SMILES string of the molecule is N#C/C(=C\c1ccc(N2CCCC2)cc1)C(N)=O. The standard InChI is InChI=1S/C14H15N3O/c15-10-12(14(16)18)9-11-3-5-13(6-4-11)17-7-1-2-8-17/h3-6,9H,1-2,7-8H2,(H2,16,18)/b12-9+. The van der Waals surface area contributed by atoms with E-state index in [1.807, 2.05) is 24.3 Å². The van der Waals surface area contributed by atoms with Crippen LogP contribution in [0.15, 0.2) is 29.8 Å². The third-order valence-electron chi connectivity index (χ3n) is 3.06. The summed E-state index contributed by atoms with van der Waals surface area (Å²) in [6.07, 6.45) is 3.99. The largest absolute Gasteiger partial charge is 0.372 e. The second-order valence-electron chi connectivity index (χ2n) is 4.32. The van der Waals surface area contributed by atoms with Crippen molar-refractivity contribution >= 4 is 17.7 Å². The second-order valence-corrected chi connectivity index (χ2v) is 4.32. The molecular weight excluding hydrogens is 226 g/mol. The summed E-state index contributed by atoms with van der Waals surface area (Å²) in [6, 6.07) is 9.60. The van der Waals surface area contributed by atoms with E-state index in [1.54, 1.807) is 6.07 Å². The fourth-order valence-electron chi connectivity index (χ4n) is 2.08. The van der Waals surface area contributed by atoms with Crippen molar-refractivity contribution in [3.8, 4) is 6.07 Å². The number of rotatable bonds is 3. The van der Waals surface area contributed by atoms with Gasteiger partial charge in [0.25, 0.3) is 5.91 Å². The summed E-state index contributed by atoms with van der Waals surface area (Å²) in [7, 11) is 0. The number of anilines is 1. The molecule has 1 aromatic carbocycles. The first-order valence-electron chi connectivity index (χ1n) is 5.97. The average molecular weight is 241 g/mol. The lowest BCUT2D eigenvalue weighted by molar-refractivity contribution is -0.114. The van der Waals surface area contributed by atoms with Crippen LogP contribution in [0.4, 0.5) is 5.69 Å². The maximum absolute atomic E-state index is 10.9. The van der Waals surface area contributed by atoms with Crippen molar-refractivity contribution < 1.29 is 4.79 Å². The van der Waals surface area contributed by atoms with Gasteiger partial charge in [0.1, 0.15) is 11.6 Å². The number of benzene rings is 1. The molecule has 0 saturated carbocycles. The minimum atomic E-state index is -0.693. The zero-order chi connectivity index (χ0) is 13.0. The van der Waals surface area contributed by atoms with Crippen molar-refractivity contribution in [3.05, 3.63) is 35.4 Å². The van der Waals surface area contributed by atoms with Gasteiger partial charge in [0, 0.05) is 18.8 Å². The highest BCUT2D eigenvalue weighted by molar-refractivity contribution is 6.00. The Balaban J connectivity index is 2.17. The van der Waals surface area contributed by atoms with Gasteiger partial charge in [-0.2, -0.15) is 5.26 Å². The Morgan fingerprint density at radius 2 is 1.89 bits per heavy atom. The van der Waals surface area contributed by atoms with Gasteiger partial charge < -0.3 is 10.6 Å². The highest BCUT2D eigenvalue weighted by Crippen LogP contribution is 2.21. The van der Waals surface area contributed by atoms with Crippen molar-refractivity contribution in [1.82, 2.24) is 0 Å². The van der Waals surface area contributed by atoms with Crippen LogP contribution < -0.4 is 10.6 Å². The molecule has 4 heteroatoms. The second kappa shape index (κ2) is 5.37. The van der Waals surface area contributed by atoms with Gasteiger partial charge in [0.05, 0.1) is 0 Å². The smallest absolute Gasteiger partial charge is 0.259 e. The Morgan fingerprint density at radius 3 is 2.39 bits per heavy atom. The van der Waals surface area contributed by atoms with Crippen molar-refractivity contribution in [2.75, 3.05) is 18.0 Å². The van der Waals surface area contributed by atoms with E-state index in [0.29, 0.717) is 0 Å². The lowest BCUT2D eigenvalue weighted by Crippen LogP contribution is -2.17. The third-order valence-corrected chi connectivity index (χ3v) is 3.06. The zero-order valence-corrected chi connectivity index (χ0v) is 10.1. The summed E-state index contributed by atoms with van der Waals surface area (Å²) in [4.78, 5) is 13.3. The normalized spacial score (nSPS) is 15.5. The summed E-state index contributed by atoms with van der Waals surface area (Å²) in [5.41, 5.74) is 7.06. The van der Waals surface area contributed by atoms with Crippen LogP contribution >= 0.6 is 0 Å². The Kier molecular flexibility index (Phi) is 3.63. The van der Waals surface area contributed by atoms with Crippen LogP contribution in [-0.2, 0) is 4.79 Å². The predicted molar refractivity (Wildman–Crippen MR) is 70.7 cm³/mol. The molecule has 1 aliphatic heterocycles. The van der Waals surface area contributed by atoms with Crippen molar-refractivity contribution in [2.24, 2.45) is 5.73 Å². The first-order chi connectivity index (χ1) is 8.70. The number of amides is 1. The topological polar surface area (TPSA) is 70.1 Å². The van der Waals surface area contributed by atoms with E-state index >= 15 is 0 Å². The third kappa shape index (κ3) is 2.69. The highest BCUT2D eigenvalue weighted by Gasteiger charge is 2.11. The molecule has 0 bridgehead atoms. The molecule has 1 amide bonds. The molecule has 1 saturated heterocycles. The van der Waals surface area contributed by atoms with E-state index in [1.165, 1.54) is 24.6 Å². The van der Waals surface area contributed by atoms with Crippen LogP contribution in [0.5, 0.6) is 0 Å². The van der Waals surface area contributed by atoms with Crippen LogP contribution in [0, 0.1) is 11.3 Å². The Morgan fingerprint density at radius 1 is 1.28 bits per heavy atom. The molecule has 0 aromatic heterocycles. The number of primary amides is 1. The van der Waals surface area contributed by atoms with Gasteiger partial charge in [-0.05, 0) is 36.6 Å². The first-order valence-corrected chi connectivity index (χ1v) is 5.97. The lowest BCUT2D eigenvalue weighted by Gasteiger charge is -2.17. The molecule has 1 fully saturated rings. The number of hydrogen-bond acceptors (Lipinski definition) is 3. The van der Waals surface area contributed by atoms with Gasteiger partial charge in [-0.25, -0.2) is 0 Å². The van der Waals surface area contributed by atoms with Crippen LogP contribution in [0.3, 0.4) is 0 Å². The highest BCUT2D eigenvalue weighted by atomic mass is 16.1. The fourth-order valence-corrected chi connectivity index (χ4v) is 2.08. The molecule has 0 atom stereocenters. The lowest BCUT2D eigenvalue weighted by atomic mass is 10.1. The quantitative estimate of drug-likeness (QED) is 0.646. The van der Waals surface area contributed by atoms with Gasteiger partial charge in [0.2, 0.25) is 0 Å². The number of carbonyl (C=O) groups is 1. The van der Waals surface area contributed by atoms with Crippen LogP contribution in [-0.4, -0.2) is 19.0 Å². The van der Waals surface area contributed by atoms with Gasteiger partial charge in [0.15, 0.2) is 0 Å². The molecule has 1 heterocycles. The van der Waals surface area contributed by atoms with Gasteiger partial charge in [-0.15, -0.1) is 0 Å². The molecule has 0 aliphatic carbocycles. The number of carbonyl (C=O) groups excluding carboxylic acids is 1. The molecule has 18 heavy (non-hydrogen) atoms. The van der Waals surface area contributed by atoms with E-state index in [0.717, 1.165) is 18.7 Å². The molecule has 92 valence electrons. The Bertz CT molecular complexity index is 505. The van der Waals surface area contributed by atoms with E-state index in [-0.39, 0.29) is 5.57 Å². The molecule has 0 radical (unpaired) electrons. The summed E-state index contributed by atoms with van der Waals surface area (Å²) in [5.74, 6) is -0.693. The number of hydrogen-bond donors (Lipinski definition) is 1. The molecule has 1 aliphatic rings. The van der Waals surface area contributed by atoms with Crippen LogP contribution in [0.1, 0.15) is 18.4 Å². The van der Waals surface area contributed by atoms with E-state index in [2.05, 4.69) is 4.90 Å². The maximum Gasteiger partial charge on any atom is 0.259 e. The van der Waals surface area contributed by atoms with E-state index < -0.39 is 5.91 Å². The summed E-state index contributed by atoms with van der Waals surface area (Å²) < 4.78 is 0. The van der Waals surface area contributed by atoms with Crippen LogP contribution in [0.2, 0.25) is 0 Å².